The fourth-order valence-electron chi connectivity index (χ4n) is 9.43. The van der Waals surface area contributed by atoms with E-state index in [1.165, 1.54) is 205 Å². The number of carbonyl (C=O) groups excluding carboxylic acids is 3. The summed E-state index contributed by atoms with van der Waals surface area (Å²) in [6, 6.07) is 0. The average molecular weight is 1040 g/mol. The molecule has 0 heterocycles. The van der Waals surface area contributed by atoms with Crippen molar-refractivity contribution in [2.75, 3.05) is 13.2 Å². The number of allylic oxidation sites excluding steroid dienone is 10. The molecule has 0 spiro atoms. The minimum atomic E-state index is -0.776. The van der Waals surface area contributed by atoms with Crippen LogP contribution in [-0.4, -0.2) is 37.2 Å². The molecular weight excluding hydrogens is 913 g/mol. The van der Waals surface area contributed by atoms with E-state index in [2.05, 4.69) is 81.5 Å². The second kappa shape index (κ2) is 62.6. The summed E-state index contributed by atoms with van der Waals surface area (Å²) < 4.78 is 16.9. The van der Waals surface area contributed by atoms with Crippen molar-refractivity contribution in [3.63, 3.8) is 0 Å². The van der Waals surface area contributed by atoms with E-state index in [0.29, 0.717) is 19.3 Å². The second-order valence-electron chi connectivity index (χ2n) is 21.6. The van der Waals surface area contributed by atoms with E-state index in [9.17, 15) is 14.4 Å². The van der Waals surface area contributed by atoms with E-state index < -0.39 is 6.10 Å². The van der Waals surface area contributed by atoms with Crippen LogP contribution in [-0.2, 0) is 28.6 Å². The maximum Gasteiger partial charge on any atom is 0.306 e. The molecular formula is C68H122O6. The van der Waals surface area contributed by atoms with Crippen LogP contribution < -0.4 is 0 Å². The average Bonchev–Trinajstić information content (AvgIpc) is 3.40. The Kier molecular flexibility index (Phi) is 60.2. The fraction of sp³-hybridized carbons (Fsp3) is 0.809. The molecule has 1 unspecified atom stereocenters. The molecule has 0 aromatic heterocycles. The second-order valence-corrected chi connectivity index (χ2v) is 21.6. The molecule has 0 aliphatic carbocycles. The normalized spacial score (nSPS) is 12.4. The van der Waals surface area contributed by atoms with E-state index in [-0.39, 0.29) is 31.1 Å². The summed E-state index contributed by atoms with van der Waals surface area (Å²) >= 11 is 0. The summed E-state index contributed by atoms with van der Waals surface area (Å²) in [7, 11) is 0. The Bertz CT molecular complexity index is 1330. The lowest BCUT2D eigenvalue weighted by molar-refractivity contribution is -0.167. The molecule has 0 aliphatic rings. The molecule has 6 nitrogen and oxygen atoms in total. The molecule has 430 valence electrons. The van der Waals surface area contributed by atoms with Gasteiger partial charge in [-0.25, -0.2) is 0 Å². The lowest BCUT2D eigenvalue weighted by Gasteiger charge is -2.18. The third-order valence-electron chi connectivity index (χ3n) is 14.3. The van der Waals surface area contributed by atoms with E-state index in [1.807, 2.05) is 0 Å². The fourth-order valence-corrected chi connectivity index (χ4v) is 9.43. The quantitative estimate of drug-likeness (QED) is 0.0261. The number of unbranched alkanes of at least 4 members (excludes halogenated alkanes) is 38. The lowest BCUT2D eigenvalue weighted by atomic mass is 10.0. The topological polar surface area (TPSA) is 78.9 Å². The smallest absolute Gasteiger partial charge is 0.306 e. The molecule has 0 saturated carbocycles. The molecule has 0 rings (SSSR count). The Morgan fingerprint density at radius 2 is 0.527 bits per heavy atom. The maximum atomic E-state index is 12.9. The van der Waals surface area contributed by atoms with Gasteiger partial charge in [0.25, 0.3) is 0 Å². The van der Waals surface area contributed by atoms with Crippen LogP contribution in [0.1, 0.15) is 335 Å². The van der Waals surface area contributed by atoms with Gasteiger partial charge in [0.15, 0.2) is 6.10 Å². The van der Waals surface area contributed by atoms with Gasteiger partial charge in [0.1, 0.15) is 13.2 Å². The van der Waals surface area contributed by atoms with Gasteiger partial charge in [-0.2, -0.15) is 0 Å². The number of ether oxygens (including phenoxy) is 3. The Morgan fingerprint density at radius 3 is 0.865 bits per heavy atom. The molecule has 6 heteroatoms. The van der Waals surface area contributed by atoms with Crippen LogP contribution in [0.3, 0.4) is 0 Å². The zero-order valence-corrected chi connectivity index (χ0v) is 49.4. The molecule has 0 amide bonds. The summed E-state index contributed by atoms with van der Waals surface area (Å²) in [5.41, 5.74) is 0. The van der Waals surface area contributed by atoms with E-state index in [1.54, 1.807) is 0 Å². The highest BCUT2D eigenvalue weighted by atomic mass is 16.6. The van der Waals surface area contributed by atoms with Gasteiger partial charge in [-0.15, -0.1) is 0 Å². The summed E-state index contributed by atoms with van der Waals surface area (Å²) in [4.78, 5) is 38.3. The Balaban J connectivity index is 4.25. The van der Waals surface area contributed by atoms with Crippen molar-refractivity contribution in [1.29, 1.82) is 0 Å². The highest BCUT2D eigenvalue weighted by molar-refractivity contribution is 5.71. The van der Waals surface area contributed by atoms with Crippen molar-refractivity contribution in [2.24, 2.45) is 0 Å². The van der Waals surface area contributed by atoms with Crippen LogP contribution in [0.25, 0.3) is 0 Å². The Hall–Kier alpha value is -2.89. The van der Waals surface area contributed by atoms with Gasteiger partial charge in [0, 0.05) is 19.3 Å². The molecule has 0 N–H and O–H groups in total. The predicted molar refractivity (Wildman–Crippen MR) is 321 cm³/mol. The summed E-state index contributed by atoms with van der Waals surface area (Å²) in [5.74, 6) is -0.865. The SMILES string of the molecule is CC/C=C\C/C=C\C/C=C\C/C=C\CCCCCCCCCCCCCCC(=O)OCC(COC(=O)CCCCCCC/C=C\CCCCC)OC(=O)CCCCCCCCCCCCCCCCCCCCC. The van der Waals surface area contributed by atoms with Crippen LogP contribution in [0.2, 0.25) is 0 Å². The van der Waals surface area contributed by atoms with Gasteiger partial charge < -0.3 is 14.2 Å². The van der Waals surface area contributed by atoms with Crippen molar-refractivity contribution in [1.82, 2.24) is 0 Å². The molecule has 0 saturated heterocycles. The zero-order chi connectivity index (χ0) is 53.6. The summed E-state index contributed by atoms with van der Waals surface area (Å²) in [5, 5.41) is 0. The third kappa shape index (κ3) is 60.0. The predicted octanol–water partition coefficient (Wildman–Crippen LogP) is 21.9. The molecule has 1 atom stereocenters. The first-order valence-electron chi connectivity index (χ1n) is 32.3. The first-order chi connectivity index (χ1) is 36.5. The van der Waals surface area contributed by atoms with Crippen molar-refractivity contribution >= 4 is 17.9 Å². The van der Waals surface area contributed by atoms with Crippen LogP contribution in [0.4, 0.5) is 0 Å². The highest BCUT2D eigenvalue weighted by Gasteiger charge is 2.19. The van der Waals surface area contributed by atoms with Gasteiger partial charge >= 0.3 is 17.9 Å². The van der Waals surface area contributed by atoms with Gasteiger partial charge in [0.2, 0.25) is 0 Å². The minimum Gasteiger partial charge on any atom is -0.462 e. The molecule has 0 radical (unpaired) electrons. The van der Waals surface area contributed by atoms with Gasteiger partial charge in [-0.05, 0) is 83.5 Å². The van der Waals surface area contributed by atoms with Crippen LogP contribution in [0, 0.1) is 0 Å². The van der Waals surface area contributed by atoms with Crippen LogP contribution >= 0.6 is 0 Å². The Morgan fingerprint density at radius 1 is 0.284 bits per heavy atom. The van der Waals surface area contributed by atoms with E-state index in [4.69, 9.17) is 14.2 Å². The number of hydrogen-bond donors (Lipinski definition) is 0. The zero-order valence-electron chi connectivity index (χ0n) is 49.4. The number of carbonyl (C=O) groups is 3. The van der Waals surface area contributed by atoms with Crippen LogP contribution in [0.5, 0.6) is 0 Å². The lowest BCUT2D eigenvalue weighted by Crippen LogP contribution is -2.30. The molecule has 0 aromatic rings. The van der Waals surface area contributed by atoms with Crippen molar-refractivity contribution in [3.8, 4) is 0 Å². The van der Waals surface area contributed by atoms with Gasteiger partial charge in [0.05, 0.1) is 0 Å². The molecule has 0 fully saturated rings. The van der Waals surface area contributed by atoms with Crippen LogP contribution in [0.15, 0.2) is 60.8 Å². The molecule has 0 bridgehead atoms. The minimum absolute atomic E-state index is 0.0740. The first-order valence-corrected chi connectivity index (χ1v) is 32.3. The molecule has 74 heavy (non-hydrogen) atoms. The summed E-state index contributed by atoms with van der Waals surface area (Å²) in [6.45, 7) is 6.55. The van der Waals surface area contributed by atoms with E-state index >= 15 is 0 Å². The van der Waals surface area contributed by atoms with Gasteiger partial charge in [-0.3, -0.25) is 14.4 Å². The maximum absolute atomic E-state index is 12.9. The monoisotopic (exact) mass is 1030 g/mol. The van der Waals surface area contributed by atoms with Crippen molar-refractivity contribution in [3.05, 3.63) is 60.8 Å². The largest absolute Gasteiger partial charge is 0.462 e. The number of rotatable bonds is 59. The van der Waals surface area contributed by atoms with Crippen molar-refractivity contribution < 1.29 is 28.6 Å². The highest BCUT2D eigenvalue weighted by Crippen LogP contribution is 2.17. The number of hydrogen-bond acceptors (Lipinski definition) is 6. The van der Waals surface area contributed by atoms with E-state index in [0.717, 1.165) is 89.9 Å². The molecule has 0 aliphatic heterocycles. The first kappa shape index (κ1) is 71.1. The standard InChI is InChI=1S/C68H122O6/c1-4-7-10-13-16-19-22-25-27-29-31-32-33-34-35-36-38-39-41-43-46-49-52-55-58-61-67(70)73-64-65(63-72-66(69)60-57-54-51-48-45-24-21-18-15-12-9-6-3)74-68(71)62-59-56-53-50-47-44-42-40-37-30-28-26-23-20-17-14-11-8-5-2/h7,10,16,18-19,21,25,27,31-32,65H,4-6,8-9,11-15,17,20,22-24,26,28-30,33-64H2,1-3H3/b10-7-,19-16-,21-18-,27-25-,32-31-. The molecule has 0 aromatic carbocycles. The third-order valence-corrected chi connectivity index (χ3v) is 14.3. The Labute approximate surface area is 460 Å². The van der Waals surface area contributed by atoms with Crippen molar-refractivity contribution in [2.45, 2.75) is 341 Å². The summed E-state index contributed by atoms with van der Waals surface area (Å²) in [6.07, 6.45) is 79.4. The number of esters is 3. The van der Waals surface area contributed by atoms with Gasteiger partial charge in [-0.1, -0.05) is 293 Å².